The maximum Gasteiger partial charge on any atom is 0.169 e. The highest BCUT2D eigenvalue weighted by molar-refractivity contribution is 6.02. The second kappa shape index (κ2) is 8.70. The van der Waals surface area contributed by atoms with Gasteiger partial charge in [0.15, 0.2) is 17.4 Å². The minimum atomic E-state index is -0.0910. The first-order valence-corrected chi connectivity index (χ1v) is 11.4. The van der Waals surface area contributed by atoms with Gasteiger partial charge in [-0.1, -0.05) is 44.2 Å². The van der Waals surface area contributed by atoms with Crippen LogP contribution in [0.1, 0.15) is 79.6 Å². The van der Waals surface area contributed by atoms with Gasteiger partial charge in [0, 0.05) is 19.5 Å². The Hall–Kier alpha value is -2.87. The summed E-state index contributed by atoms with van der Waals surface area (Å²) in [6.45, 7) is 8.26. The third kappa shape index (κ3) is 4.04. The molecular weight excluding hydrogens is 386 g/mol. The molecule has 4 rings (SSSR count). The Morgan fingerprint density at radius 3 is 2.52 bits per heavy atom. The van der Waals surface area contributed by atoms with Crippen LogP contribution in [0.25, 0.3) is 0 Å². The van der Waals surface area contributed by atoms with Gasteiger partial charge >= 0.3 is 0 Å². The molecule has 1 aromatic carbocycles. The quantitative estimate of drug-likeness (QED) is 0.662. The van der Waals surface area contributed by atoms with Crippen molar-refractivity contribution in [3.05, 3.63) is 52.7 Å². The van der Waals surface area contributed by atoms with E-state index < -0.39 is 0 Å². The number of nitriles is 1. The summed E-state index contributed by atoms with van der Waals surface area (Å²) in [5, 5.41) is 10.0. The highest BCUT2D eigenvalue weighted by atomic mass is 16.5. The summed E-state index contributed by atoms with van der Waals surface area (Å²) in [6, 6.07) is 12.9. The molecule has 5 heteroatoms. The van der Waals surface area contributed by atoms with Gasteiger partial charge in [-0.05, 0) is 49.5 Å². The number of carbonyl (C=O) groups excluding carboxylic acids is 1. The summed E-state index contributed by atoms with van der Waals surface area (Å²) < 4.78 is 5.91. The second-order valence-corrected chi connectivity index (χ2v) is 9.12. The maximum atomic E-state index is 13.1. The molecule has 31 heavy (non-hydrogen) atoms. The normalized spacial score (nSPS) is 21.5. The van der Waals surface area contributed by atoms with E-state index in [9.17, 15) is 10.1 Å². The molecule has 0 N–H and O–H groups in total. The Labute approximate surface area is 185 Å². The average Bonchev–Trinajstić information content (AvgIpc) is 2.79. The van der Waals surface area contributed by atoms with Gasteiger partial charge in [0.25, 0.3) is 0 Å². The first-order valence-electron chi connectivity index (χ1n) is 11.4. The number of ketones is 1. The number of piperidine rings is 1. The number of rotatable bonds is 5. The summed E-state index contributed by atoms with van der Waals surface area (Å²) in [4.78, 5) is 20.2. The molecule has 1 atom stereocenters. The largest absolute Gasteiger partial charge is 0.492 e. The molecule has 0 radical (unpaired) electrons. The molecule has 1 saturated heterocycles. The van der Waals surface area contributed by atoms with Gasteiger partial charge in [-0.3, -0.25) is 4.79 Å². The standard InChI is InChI=1S/C26H31N3O2/c1-4-26(3)15-21-23(22(30)16-26)24(31-5-2)20(17-27)25(28-21)29-13-11-19(12-14-29)18-9-7-6-8-10-18/h6-10,19H,4-5,11-16H2,1-3H3. The minimum Gasteiger partial charge on any atom is -0.492 e. The monoisotopic (exact) mass is 417 g/mol. The van der Waals surface area contributed by atoms with Crippen LogP contribution >= 0.6 is 0 Å². The molecular formula is C26H31N3O2. The Balaban J connectivity index is 1.70. The number of ether oxygens (including phenoxy) is 1. The lowest BCUT2D eigenvalue weighted by Crippen LogP contribution is -2.36. The van der Waals surface area contributed by atoms with E-state index in [1.54, 1.807) is 0 Å². The van der Waals surface area contributed by atoms with Gasteiger partial charge in [0.05, 0.1) is 17.9 Å². The number of nitrogens with zero attached hydrogens (tertiary/aromatic N) is 3. The van der Waals surface area contributed by atoms with Crippen LogP contribution in [0, 0.1) is 16.7 Å². The van der Waals surface area contributed by atoms with E-state index in [4.69, 9.17) is 9.72 Å². The van der Waals surface area contributed by atoms with Crippen LogP contribution in [0.3, 0.4) is 0 Å². The summed E-state index contributed by atoms with van der Waals surface area (Å²) in [6.07, 6.45) is 4.17. The maximum absolute atomic E-state index is 13.1. The van der Waals surface area contributed by atoms with Gasteiger partial charge in [-0.15, -0.1) is 0 Å². The van der Waals surface area contributed by atoms with Gasteiger partial charge < -0.3 is 9.64 Å². The predicted octanol–water partition coefficient (Wildman–Crippen LogP) is 5.28. The lowest BCUT2D eigenvalue weighted by molar-refractivity contribution is 0.0887. The number of Topliss-reactive ketones (excluding diaryl/α,β-unsaturated/α-hetero) is 1. The highest BCUT2D eigenvalue weighted by Crippen LogP contribution is 2.44. The van der Waals surface area contributed by atoms with Gasteiger partial charge in [0.1, 0.15) is 11.6 Å². The van der Waals surface area contributed by atoms with Crippen LogP contribution in [0.2, 0.25) is 0 Å². The van der Waals surface area contributed by atoms with Crippen molar-refractivity contribution in [1.29, 1.82) is 5.26 Å². The Morgan fingerprint density at radius 2 is 1.90 bits per heavy atom. The molecule has 2 aliphatic rings. The van der Waals surface area contributed by atoms with Crippen LogP contribution < -0.4 is 9.64 Å². The van der Waals surface area contributed by atoms with Crippen molar-refractivity contribution in [2.45, 2.75) is 58.8 Å². The van der Waals surface area contributed by atoms with Crippen molar-refractivity contribution >= 4 is 11.6 Å². The number of carbonyl (C=O) groups is 1. The van der Waals surface area contributed by atoms with Crippen LogP contribution in [0.15, 0.2) is 30.3 Å². The summed E-state index contributed by atoms with van der Waals surface area (Å²) in [7, 11) is 0. The first kappa shape index (κ1) is 21.4. The molecule has 2 aromatic rings. The lowest BCUT2D eigenvalue weighted by atomic mass is 9.72. The summed E-state index contributed by atoms with van der Waals surface area (Å²) in [5.74, 6) is 1.70. The molecule has 162 valence electrons. The third-order valence-electron chi connectivity index (χ3n) is 6.99. The lowest BCUT2D eigenvalue weighted by Gasteiger charge is -2.37. The van der Waals surface area contributed by atoms with Gasteiger partial charge in [-0.25, -0.2) is 4.98 Å². The van der Waals surface area contributed by atoms with Crippen LogP contribution in [-0.2, 0) is 6.42 Å². The smallest absolute Gasteiger partial charge is 0.169 e. The summed E-state index contributed by atoms with van der Waals surface area (Å²) >= 11 is 0. The molecule has 0 saturated carbocycles. The second-order valence-electron chi connectivity index (χ2n) is 9.12. The van der Waals surface area contributed by atoms with Gasteiger partial charge in [-0.2, -0.15) is 5.26 Å². The SMILES string of the molecule is CCOc1c(C#N)c(N2CCC(c3ccccc3)CC2)nc2c1C(=O)CC(C)(CC)C2. The Bertz CT molecular complexity index is 1000. The fourth-order valence-corrected chi connectivity index (χ4v) is 4.97. The third-order valence-corrected chi connectivity index (χ3v) is 6.99. The van der Waals surface area contributed by atoms with E-state index in [-0.39, 0.29) is 11.2 Å². The molecule has 1 fully saturated rings. The number of hydrogen-bond donors (Lipinski definition) is 0. The van der Waals surface area contributed by atoms with E-state index >= 15 is 0 Å². The fourth-order valence-electron chi connectivity index (χ4n) is 4.97. The molecule has 0 bridgehead atoms. The number of anilines is 1. The number of aromatic nitrogens is 1. The van der Waals surface area contributed by atoms with Crippen molar-refractivity contribution in [3.63, 3.8) is 0 Å². The van der Waals surface area contributed by atoms with Crippen molar-refractivity contribution in [3.8, 4) is 11.8 Å². The molecule has 1 unspecified atom stereocenters. The molecule has 0 amide bonds. The van der Waals surface area contributed by atoms with E-state index in [0.717, 1.165) is 44.5 Å². The van der Waals surface area contributed by atoms with Crippen LogP contribution in [-0.4, -0.2) is 30.5 Å². The zero-order valence-electron chi connectivity index (χ0n) is 18.8. The molecule has 1 aliphatic heterocycles. The number of pyridine rings is 1. The Kier molecular flexibility index (Phi) is 6.00. The molecule has 1 aliphatic carbocycles. The van der Waals surface area contributed by atoms with Crippen molar-refractivity contribution in [2.75, 3.05) is 24.6 Å². The zero-order chi connectivity index (χ0) is 22.0. The highest BCUT2D eigenvalue weighted by Gasteiger charge is 2.39. The number of fused-ring (bicyclic) bond motifs is 1. The van der Waals surface area contributed by atoms with E-state index in [0.29, 0.717) is 41.6 Å². The average molecular weight is 418 g/mol. The molecule has 5 nitrogen and oxygen atoms in total. The number of benzene rings is 1. The van der Waals surface area contributed by atoms with Crippen LogP contribution in [0.5, 0.6) is 5.75 Å². The van der Waals surface area contributed by atoms with Crippen molar-refractivity contribution in [2.24, 2.45) is 5.41 Å². The minimum absolute atomic E-state index is 0.0485. The van der Waals surface area contributed by atoms with E-state index in [1.807, 2.05) is 6.92 Å². The van der Waals surface area contributed by atoms with Crippen molar-refractivity contribution < 1.29 is 9.53 Å². The van der Waals surface area contributed by atoms with Crippen molar-refractivity contribution in [1.82, 2.24) is 4.98 Å². The summed E-state index contributed by atoms with van der Waals surface area (Å²) in [5.41, 5.74) is 3.02. The van der Waals surface area contributed by atoms with Crippen LogP contribution in [0.4, 0.5) is 5.82 Å². The zero-order valence-corrected chi connectivity index (χ0v) is 18.8. The first-order chi connectivity index (χ1) is 15.0. The topological polar surface area (TPSA) is 66.2 Å². The number of hydrogen-bond acceptors (Lipinski definition) is 5. The van der Waals surface area contributed by atoms with E-state index in [2.05, 4.69) is 55.1 Å². The predicted molar refractivity (Wildman–Crippen MR) is 122 cm³/mol. The molecule has 1 aromatic heterocycles. The van der Waals surface area contributed by atoms with E-state index in [1.165, 1.54) is 5.56 Å². The fraction of sp³-hybridized carbons (Fsp3) is 0.500. The molecule has 2 heterocycles. The Morgan fingerprint density at radius 1 is 1.19 bits per heavy atom. The van der Waals surface area contributed by atoms with Gasteiger partial charge in [0.2, 0.25) is 0 Å². The molecule has 0 spiro atoms.